The number of methoxy groups -OCH3 is 1. The normalized spacial score (nSPS) is 19.5. The van der Waals surface area contributed by atoms with Crippen molar-refractivity contribution < 1.29 is 14.3 Å². The van der Waals surface area contributed by atoms with Gasteiger partial charge in [0.1, 0.15) is 5.75 Å². The Bertz CT molecular complexity index is 934. The molecule has 2 saturated heterocycles. The van der Waals surface area contributed by atoms with Gasteiger partial charge in [0.05, 0.1) is 12.5 Å². The van der Waals surface area contributed by atoms with Gasteiger partial charge in [-0.25, -0.2) is 0 Å². The maximum absolute atomic E-state index is 13.6. The molecule has 0 aliphatic carbocycles. The van der Waals surface area contributed by atoms with Crippen LogP contribution in [-0.2, 0) is 16.0 Å². The maximum atomic E-state index is 13.6. The highest BCUT2D eigenvalue weighted by Crippen LogP contribution is 2.38. The highest BCUT2D eigenvalue weighted by atomic mass is 35.5. The van der Waals surface area contributed by atoms with Gasteiger partial charge in [-0.2, -0.15) is 0 Å². The lowest BCUT2D eigenvalue weighted by Gasteiger charge is -2.38. The molecule has 1 N–H and O–H groups in total. The Morgan fingerprint density at radius 3 is 2.66 bits per heavy atom. The van der Waals surface area contributed by atoms with Crippen LogP contribution in [0.15, 0.2) is 42.5 Å². The number of benzene rings is 2. The first-order valence-electron chi connectivity index (χ1n) is 11.5. The Kier molecular flexibility index (Phi) is 7.39. The average molecular weight is 457 g/mol. The average Bonchev–Trinajstić information content (AvgIpc) is 2.81. The number of ether oxygens (including phenoxy) is 2. The topological polar surface area (TPSA) is 50.8 Å². The van der Waals surface area contributed by atoms with E-state index in [-0.39, 0.29) is 11.9 Å². The molecule has 5 nitrogen and oxygen atoms in total. The second-order valence-electron chi connectivity index (χ2n) is 9.17. The summed E-state index contributed by atoms with van der Waals surface area (Å²) in [7, 11) is 3.81. The molecule has 4 rings (SSSR count). The molecule has 0 unspecified atom stereocenters. The molecule has 2 aliphatic rings. The number of piperidine rings is 1. The molecule has 0 saturated carbocycles. The lowest BCUT2D eigenvalue weighted by molar-refractivity contribution is -0.137. The lowest BCUT2D eigenvalue weighted by atomic mass is 9.74. The Morgan fingerprint density at radius 2 is 1.94 bits per heavy atom. The molecule has 2 aromatic carbocycles. The van der Waals surface area contributed by atoms with Crippen molar-refractivity contribution in [3.05, 3.63) is 53.1 Å². The van der Waals surface area contributed by atoms with Crippen LogP contribution in [0.1, 0.15) is 31.2 Å². The smallest absolute Gasteiger partial charge is 0.226 e. The van der Waals surface area contributed by atoms with E-state index in [4.69, 9.17) is 21.1 Å². The zero-order chi connectivity index (χ0) is 22.6. The number of hydrogen-bond donors (Lipinski definition) is 1. The summed E-state index contributed by atoms with van der Waals surface area (Å²) in [5, 5.41) is 4.05. The first-order valence-corrected chi connectivity index (χ1v) is 11.9. The second kappa shape index (κ2) is 10.2. The summed E-state index contributed by atoms with van der Waals surface area (Å²) >= 11 is 6.26. The molecule has 6 heteroatoms. The fraction of sp³-hybridized carbons (Fsp3) is 0.500. The number of amides is 1. The molecular formula is C26H33ClN2O3. The van der Waals surface area contributed by atoms with Crippen LogP contribution in [0.25, 0.3) is 11.1 Å². The van der Waals surface area contributed by atoms with E-state index in [1.165, 1.54) is 0 Å². The third-order valence-electron chi connectivity index (χ3n) is 6.93. The molecule has 0 bridgehead atoms. The highest BCUT2D eigenvalue weighted by molar-refractivity contribution is 6.31. The van der Waals surface area contributed by atoms with Gasteiger partial charge in [0.15, 0.2) is 0 Å². The number of likely N-dealkylation sites (tertiary alicyclic amines) is 1. The van der Waals surface area contributed by atoms with E-state index >= 15 is 0 Å². The zero-order valence-corrected chi connectivity index (χ0v) is 19.8. The van der Waals surface area contributed by atoms with Crippen LogP contribution < -0.4 is 10.1 Å². The Hall–Kier alpha value is -2.08. The standard InChI is InChI=1S/C26H33ClN2O3/c1-29-12-8-22(9-13-29)28-25(30)26(10-14-32-15-11-26)18-19-4-3-5-20(16-19)23-17-21(27)6-7-24(23)31-2/h3-7,16-17,22H,8-15,18H2,1-2H3,(H,28,30). The predicted molar refractivity (Wildman–Crippen MR) is 128 cm³/mol. The third kappa shape index (κ3) is 5.28. The zero-order valence-electron chi connectivity index (χ0n) is 19.0. The van der Waals surface area contributed by atoms with Crippen molar-refractivity contribution >= 4 is 17.5 Å². The minimum absolute atomic E-state index is 0.182. The summed E-state index contributed by atoms with van der Waals surface area (Å²) in [5.41, 5.74) is 2.71. The van der Waals surface area contributed by atoms with E-state index < -0.39 is 5.41 Å². The molecule has 0 spiro atoms. The first kappa shape index (κ1) is 23.1. The molecule has 2 fully saturated rings. The van der Waals surface area contributed by atoms with Gasteiger partial charge in [-0.3, -0.25) is 4.79 Å². The predicted octanol–water partition coefficient (Wildman–Crippen LogP) is 4.57. The van der Waals surface area contributed by atoms with Gasteiger partial charge < -0.3 is 19.7 Å². The van der Waals surface area contributed by atoms with E-state index in [0.717, 1.165) is 61.2 Å². The van der Waals surface area contributed by atoms with Gasteiger partial charge in [-0.1, -0.05) is 35.9 Å². The van der Waals surface area contributed by atoms with Gasteiger partial charge in [0.25, 0.3) is 0 Å². The van der Waals surface area contributed by atoms with Crippen LogP contribution >= 0.6 is 11.6 Å². The Morgan fingerprint density at radius 1 is 1.19 bits per heavy atom. The quantitative estimate of drug-likeness (QED) is 0.692. The molecule has 0 aromatic heterocycles. The Balaban J connectivity index is 1.56. The van der Waals surface area contributed by atoms with Gasteiger partial charge in [-0.15, -0.1) is 0 Å². The molecule has 2 heterocycles. The largest absolute Gasteiger partial charge is 0.496 e. The molecule has 0 radical (unpaired) electrons. The summed E-state index contributed by atoms with van der Waals surface area (Å²) in [6.07, 6.45) is 4.22. The number of nitrogens with one attached hydrogen (secondary N) is 1. The molecule has 32 heavy (non-hydrogen) atoms. The highest BCUT2D eigenvalue weighted by Gasteiger charge is 2.41. The van der Waals surface area contributed by atoms with Crippen molar-refractivity contribution in [3.8, 4) is 16.9 Å². The number of nitrogens with zero attached hydrogens (tertiary/aromatic N) is 1. The van der Waals surface area contributed by atoms with Crippen molar-refractivity contribution in [3.63, 3.8) is 0 Å². The maximum Gasteiger partial charge on any atom is 0.226 e. The molecule has 1 amide bonds. The van der Waals surface area contributed by atoms with Crippen LogP contribution in [0.3, 0.4) is 0 Å². The van der Waals surface area contributed by atoms with Crippen LogP contribution in [0.5, 0.6) is 5.75 Å². The van der Waals surface area contributed by atoms with Gasteiger partial charge in [-0.05, 0) is 81.6 Å². The molecule has 0 atom stereocenters. The van der Waals surface area contributed by atoms with Crippen LogP contribution in [0.2, 0.25) is 5.02 Å². The fourth-order valence-corrected chi connectivity index (χ4v) is 5.06. The monoisotopic (exact) mass is 456 g/mol. The second-order valence-corrected chi connectivity index (χ2v) is 9.60. The Labute approximate surface area is 196 Å². The summed E-state index contributed by atoms with van der Waals surface area (Å²) < 4.78 is 11.2. The van der Waals surface area contributed by atoms with E-state index in [1.54, 1.807) is 7.11 Å². The summed E-state index contributed by atoms with van der Waals surface area (Å²) in [4.78, 5) is 15.9. The molecule has 172 valence electrons. The van der Waals surface area contributed by atoms with Crippen molar-refractivity contribution in [2.24, 2.45) is 5.41 Å². The molecule has 2 aromatic rings. The summed E-state index contributed by atoms with van der Waals surface area (Å²) in [5.74, 6) is 0.966. The van der Waals surface area contributed by atoms with Gasteiger partial charge in [0, 0.05) is 29.8 Å². The van der Waals surface area contributed by atoms with E-state index in [9.17, 15) is 4.79 Å². The van der Waals surface area contributed by atoms with Crippen LogP contribution in [0.4, 0.5) is 0 Å². The number of carbonyl (C=O) groups is 1. The minimum atomic E-state index is -0.432. The van der Waals surface area contributed by atoms with Crippen LogP contribution in [0, 0.1) is 5.41 Å². The number of carbonyl (C=O) groups excluding carboxylic acids is 1. The van der Waals surface area contributed by atoms with Gasteiger partial charge in [0.2, 0.25) is 5.91 Å². The molecule has 2 aliphatic heterocycles. The molecular weight excluding hydrogens is 424 g/mol. The number of hydrogen-bond acceptors (Lipinski definition) is 4. The van der Waals surface area contributed by atoms with E-state index in [2.05, 4.69) is 35.5 Å². The lowest BCUT2D eigenvalue weighted by Crippen LogP contribution is -2.51. The summed E-state index contributed by atoms with van der Waals surface area (Å²) in [6.45, 7) is 3.32. The minimum Gasteiger partial charge on any atom is -0.496 e. The first-order chi connectivity index (χ1) is 15.5. The van der Waals surface area contributed by atoms with E-state index in [1.807, 2.05) is 24.3 Å². The number of rotatable bonds is 6. The van der Waals surface area contributed by atoms with E-state index in [0.29, 0.717) is 24.7 Å². The van der Waals surface area contributed by atoms with Crippen LogP contribution in [-0.4, -0.2) is 57.3 Å². The third-order valence-corrected chi connectivity index (χ3v) is 7.16. The summed E-state index contributed by atoms with van der Waals surface area (Å²) in [6, 6.07) is 14.3. The number of halogens is 1. The SMILES string of the molecule is COc1ccc(Cl)cc1-c1cccc(CC2(C(=O)NC3CCN(C)CC3)CCOCC2)c1. The fourth-order valence-electron chi connectivity index (χ4n) is 4.88. The van der Waals surface area contributed by atoms with Crippen molar-refractivity contribution in [1.82, 2.24) is 10.2 Å². The van der Waals surface area contributed by atoms with Crippen molar-refractivity contribution in [2.75, 3.05) is 40.5 Å². The van der Waals surface area contributed by atoms with Crippen molar-refractivity contribution in [2.45, 2.75) is 38.1 Å². The van der Waals surface area contributed by atoms with Crippen molar-refractivity contribution in [1.29, 1.82) is 0 Å². The van der Waals surface area contributed by atoms with Gasteiger partial charge >= 0.3 is 0 Å².